The molecule has 0 aliphatic carbocycles. The van der Waals surface area contributed by atoms with Crippen LogP contribution < -0.4 is 0 Å². The molecule has 0 radical (unpaired) electrons. The van der Waals surface area contributed by atoms with Crippen LogP contribution in [0, 0.1) is 0 Å². The molecule has 0 spiro atoms. The zero-order valence-electron chi connectivity index (χ0n) is 8.77. The molecule has 0 saturated carbocycles. The summed E-state index contributed by atoms with van der Waals surface area (Å²) in [5.74, 6) is 0. The van der Waals surface area contributed by atoms with Crippen molar-refractivity contribution in [1.82, 2.24) is 0 Å². The van der Waals surface area contributed by atoms with E-state index in [9.17, 15) is 0 Å². The van der Waals surface area contributed by atoms with Crippen LogP contribution in [-0.2, 0) is 0 Å². The molecule has 0 fully saturated rings. The van der Waals surface area contributed by atoms with Gasteiger partial charge in [-0.05, 0) is 24.1 Å². The smallest absolute Gasteiger partial charge is 0.0599 e. The number of rotatable bonds is 5. The molecule has 0 N–H and O–H groups in total. The first-order valence-electron chi connectivity index (χ1n) is 5.24. The first-order chi connectivity index (χ1) is 7.15. The van der Waals surface area contributed by atoms with Crippen LogP contribution in [0.2, 0.25) is 10.0 Å². The normalized spacial score (nSPS) is 12.8. The van der Waals surface area contributed by atoms with Crippen molar-refractivity contribution in [2.24, 2.45) is 0 Å². The molecule has 15 heavy (non-hydrogen) atoms. The minimum absolute atomic E-state index is 0.00122. The molecule has 0 amide bonds. The quantitative estimate of drug-likeness (QED) is 0.462. The van der Waals surface area contributed by atoms with Gasteiger partial charge in [-0.25, -0.2) is 0 Å². The second kappa shape index (κ2) is 6.62. The van der Waals surface area contributed by atoms with E-state index in [2.05, 4.69) is 6.92 Å². The van der Waals surface area contributed by atoms with Crippen molar-refractivity contribution in [3.05, 3.63) is 33.8 Å². The summed E-state index contributed by atoms with van der Waals surface area (Å²) >= 11 is 18.2. The van der Waals surface area contributed by atoms with Gasteiger partial charge in [0.15, 0.2) is 0 Å². The molecule has 1 rings (SSSR count). The Balaban J connectivity index is 2.61. The van der Waals surface area contributed by atoms with Gasteiger partial charge >= 0.3 is 0 Å². The molecule has 1 aromatic rings. The molecule has 84 valence electrons. The predicted molar refractivity (Wildman–Crippen MR) is 69.2 cm³/mol. The van der Waals surface area contributed by atoms with E-state index < -0.39 is 0 Å². The molecule has 0 nitrogen and oxygen atoms in total. The van der Waals surface area contributed by atoms with Crippen LogP contribution in [0.5, 0.6) is 0 Å². The molecule has 1 aromatic carbocycles. The van der Waals surface area contributed by atoms with Crippen LogP contribution in [0.15, 0.2) is 18.2 Å². The van der Waals surface area contributed by atoms with Gasteiger partial charge in [0.1, 0.15) is 0 Å². The first-order valence-corrected chi connectivity index (χ1v) is 6.43. The van der Waals surface area contributed by atoms with Gasteiger partial charge in [-0.2, -0.15) is 0 Å². The zero-order chi connectivity index (χ0) is 11.3. The lowest BCUT2D eigenvalue weighted by Crippen LogP contribution is -1.92. The standard InChI is InChI=1S/C12H15Cl3/c1-2-3-4-5-11(14)10-7-6-9(13)8-12(10)15/h6-8,11H,2-5H2,1H3. The molecule has 0 bridgehead atoms. The highest BCUT2D eigenvalue weighted by molar-refractivity contribution is 6.35. The van der Waals surface area contributed by atoms with Crippen molar-refractivity contribution in [2.75, 3.05) is 0 Å². The molecule has 0 aliphatic heterocycles. The fourth-order valence-corrected chi connectivity index (χ4v) is 2.43. The van der Waals surface area contributed by atoms with E-state index in [0.29, 0.717) is 10.0 Å². The second-order valence-corrected chi connectivity index (χ2v) is 5.00. The average Bonchev–Trinajstić information content (AvgIpc) is 2.17. The monoisotopic (exact) mass is 264 g/mol. The van der Waals surface area contributed by atoms with Crippen molar-refractivity contribution < 1.29 is 0 Å². The lowest BCUT2D eigenvalue weighted by atomic mass is 10.1. The van der Waals surface area contributed by atoms with Gasteiger partial charge in [-0.15, -0.1) is 11.6 Å². The van der Waals surface area contributed by atoms with Crippen LogP contribution in [0.1, 0.15) is 43.5 Å². The maximum Gasteiger partial charge on any atom is 0.0599 e. The number of alkyl halides is 1. The summed E-state index contributed by atoms with van der Waals surface area (Å²) < 4.78 is 0. The maximum absolute atomic E-state index is 6.27. The number of benzene rings is 1. The van der Waals surface area contributed by atoms with Gasteiger partial charge in [0, 0.05) is 10.0 Å². The van der Waals surface area contributed by atoms with Gasteiger partial charge in [-0.3, -0.25) is 0 Å². The molecule has 1 atom stereocenters. The van der Waals surface area contributed by atoms with Crippen LogP contribution >= 0.6 is 34.8 Å². The molecule has 0 heterocycles. The fourth-order valence-electron chi connectivity index (χ4n) is 1.48. The predicted octanol–water partition coefficient (Wildman–Crippen LogP) is 5.85. The van der Waals surface area contributed by atoms with E-state index in [0.717, 1.165) is 18.4 Å². The highest BCUT2D eigenvalue weighted by atomic mass is 35.5. The van der Waals surface area contributed by atoms with E-state index >= 15 is 0 Å². The summed E-state index contributed by atoms with van der Waals surface area (Å²) in [5, 5.41) is 1.32. The van der Waals surface area contributed by atoms with Crippen LogP contribution in [0.3, 0.4) is 0 Å². The van der Waals surface area contributed by atoms with Crippen molar-refractivity contribution in [3.8, 4) is 0 Å². The van der Waals surface area contributed by atoms with E-state index in [4.69, 9.17) is 34.8 Å². The minimum Gasteiger partial charge on any atom is -0.118 e. The number of unbranched alkanes of at least 4 members (excludes halogenated alkanes) is 2. The molecule has 0 aromatic heterocycles. The summed E-state index contributed by atoms with van der Waals surface area (Å²) in [7, 11) is 0. The van der Waals surface area contributed by atoms with E-state index in [-0.39, 0.29) is 5.38 Å². The highest BCUT2D eigenvalue weighted by Gasteiger charge is 2.11. The van der Waals surface area contributed by atoms with Crippen molar-refractivity contribution in [3.63, 3.8) is 0 Å². The summed E-state index contributed by atoms with van der Waals surface area (Å²) in [5.41, 5.74) is 0.985. The minimum atomic E-state index is 0.00122. The SMILES string of the molecule is CCCCCC(Cl)c1ccc(Cl)cc1Cl. The van der Waals surface area contributed by atoms with Crippen LogP contribution in [0.4, 0.5) is 0 Å². The van der Waals surface area contributed by atoms with Crippen molar-refractivity contribution in [1.29, 1.82) is 0 Å². The van der Waals surface area contributed by atoms with Crippen molar-refractivity contribution in [2.45, 2.75) is 38.0 Å². The largest absolute Gasteiger partial charge is 0.118 e. The number of halogens is 3. The Morgan fingerprint density at radius 3 is 2.53 bits per heavy atom. The summed E-state index contributed by atoms with van der Waals surface area (Å²) in [4.78, 5) is 0. The highest BCUT2D eigenvalue weighted by Crippen LogP contribution is 2.33. The lowest BCUT2D eigenvalue weighted by Gasteiger charge is -2.11. The van der Waals surface area contributed by atoms with Gasteiger partial charge in [0.25, 0.3) is 0 Å². The second-order valence-electron chi connectivity index (χ2n) is 3.63. The topological polar surface area (TPSA) is 0 Å². The molecule has 0 aliphatic rings. The maximum atomic E-state index is 6.27. The summed E-state index contributed by atoms with van der Waals surface area (Å²) in [6.07, 6.45) is 4.53. The van der Waals surface area contributed by atoms with Gasteiger partial charge in [0.05, 0.1) is 5.38 Å². The Kier molecular flexibility index (Phi) is 5.81. The Morgan fingerprint density at radius 2 is 1.93 bits per heavy atom. The summed E-state index contributed by atoms with van der Waals surface area (Å²) in [6, 6.07) is 5.49. The molecular formula is C12H15Cl3. The molecular weight excluding hydrogens is 250 g/mol. The summed E-state index contributed by atoms with van der Waals surface area (Å²) in [6.45, 7) is 2.18. The van der Waals surface area contributed by atoms with Gasteiger partial charge in [0.2, 0.25) is 0 Å². The van der Waals surface area contributed by atoms with Gasteiger partial charge < -0.3 is 0 Å². The van der Waals surface area contributed by atoms with Crippen LogP contribution in [0.25, 0.3) is 0 Å². The average molecular weight is 266 g/mol. The third-order valence-electron chi connectivity index (χ3n) is 2.36. The molecule has 0 saturated heterocycles. The number of hydrogen-bond donors (Lipinski definition) is 0. The third kappa shape index (κ3) is 4.22. The van der Waals surface area contributed by atoms with Gasteiger partial charge in [-0.1, -0.05) is 55.5 Å². The first kappa shape index (κ1) is 13.2. The van der Waals surface area contributed by atoms with E-state index in [1.54, 1.807) is 6.07 Å². The van der Waals surface area contributed by atoms with Crippen molar-refractivity contribution >= 4 is 34.8 Å². The number of hydrogen-bond acceptors (Lipinski definition) is 0. The molecule has 3 heteroatoms. The lowest BCUT2D eigenvalue weighted by molar-refractivity contribution is 0.655. The Bertz CT molecular complexity index is 310. The Hall–Kier alpha value is 0.0900. The third-order valence-corrected chi connectivity index (χ3v) is 3.38. The van der Waals surface area contributed by atoms with E-state index in [1.165, 1.54) is 12.8 Å². The molecule has 1 unspecified atom stereocenters. The zero-order valence-corrected chi connectivity index (χ0v) is 11.0. The van der Waals surface area contributed by atoms with Crippen LogP contribution in [-0.4, -0.2) is 0 Å². The van der Waals surface area contributed by atoms with E-state index in [1.807, 2.05) is 12.1 Å². The Morgan fingerprint density at radius 1 is 1.20 bits per heavy atom. The Labute approximate surface area is 107 Å². The fraction of sp³-hybridized carbons (Fsp3) is 0.500.